The maximum atomic E-state index is 13.3. The van der Waals surface area contributed by atoms with Crippen LogP contribution in [0.25, 0.3) is 22.3 Å². The quantitative estimate of drug-likeness (QED) is 0.133. The molecule has 0 aromatic carbocycles. The second kappa shape index (κ2) is 14.7. The number of hydrogen-bond donors (Lipinski definition) is 4. The second-order valence-electron chi connectivity index (χ2n) is 12.9. The number of aromatic nitrogens is 8. The van der Waals surface area contributed by atoms with Crippen LogP contribution in [0.15, 0.2) is 25.3 Å². The SMILES string of the molecule is CC1C(COP(C)(=O)OP(C)(=O)OP(C)(=O)OP(C)(=O)OCC2OC(n3cnc4c(N)ncnc43)C(O)C2O)OC(n2cnc3c(N)ncnc32)C1C. The first kappa shape index (κ1) is 39.9. The van der Waals surface area contributed by atoms with Crippen LogP contribution in [0.2, 0.25) is 0 Å². The standard InChI is InChI=1S/C26H40N10O13P4/c1-13-14(2)25(35-11-33-17-21(27)29-9-31-23(17)35)45-15(13)7-43-50(3,39)47-52(5,41)49-53(6,42)48-51(4,40)44-8-16-19(37)20(38)26(46-16)36-12-34-18-22(28)30-10-32-24(18)36/h9-16,19-20,25-26,37-38H,7-8H2,1-6H3,(H2,27,29,31)(H2,28,30,32). The lowest BCUT2D eigenvalue weighted by molar-refractivity contribution is -0.0481. The van der Waals surface area contributed by atoms with Crippen molar-refractivity contribution in [3.8, 4) is 0 Å². The molecule has 23 nitrogen and oxygen atoms in total. The first-order valence-electron chi connectivity index (χ1n) is 15.9. The zero-order chi connectivity index (χ0) is 38.7. The summed E-state index contributed by atoms with van der Waals surface area (Å²) in [6.07, 6.45) is -1.23. The van der Waals surface area contributed by atoms with Gasteiger partial charge in [-0.2, -0.15) is 0 Å². The van der Waals surface area contributed by atoms with Gasteiger partial charge in [0.15, 0.2) is 29.2 Å². The van der Waals surface area contributed by atoms with Crippen LogP contribution in [0, 0.1) is 11.8 Å². The molecular weight excluding hydrogens is 784 g/mol. The molecule has 12 unspecified atom stereocenters. The molecule has 0 spiro atoms. The minimum atomic E-state index is -4.51. The highest BCUT2D eigenvalue weighted by Crippen LogP contribution is 2.72. The van der Waals surface area contributed by atoms with E-state index in [0.29, 0.717) is 11.2 Å². The maximum absolute atomic E-state index is 13.3. The Morgan fingerprint density at radius 1 is 0.642 bits per heavy atom. The van der Waals surface area contributed by atoms with Gasteiger partial charge in [-0.3, -0.25) is 27.4 Å². The van der Waals surface area contributed by atoms with Crippen LogP contribution in [-0.4, -0.2) is 114 Å². The maximum Gasteiger partial charge on any atom is 0.341 e. The molecule has 2 saturated heterocycles. The minimum Gasteiger partial charge on any atom is -0.387 e. The highest BCUT2D eigenvalue weighted by molar-refractivity contribution is 7.74. The third-order valence-electron chi connectivity index (χ3n) is 8.68. The normalized spacial score (nSPS) is 30.9. The summed E-state index contributed by atoms with van der Waals surface area (Å²) >= 11 is 0. The molecule has 292 valence electrons. The average molecular weight is 825 g/mol. The van der Waals surface area contributed by atoms with E-state index in [2.05, 4.69) is 29.9 Å². The highest BCUT2D eigenvalue weighted by Gasteiger charge is 2.47. The van der Waals surface area contributed by atoms with E-state index in [1.807, 2.05) is 13.8 Å². The van der Waals surface area contributed by atoms with Crippen molar-refractivity contribution in [2.45, 2.75) is 50.7 Å². The number of nitrogens with zero attached hydrogens (tertiary/aromatic N) is 8. The monoisotopic (exact) mass is 824 g/mol. The molecule has 0 aliphatic carbocycles. The molecule has 0 saturated carbocycles. The minimum absolute atomic E-state index is 0.0769. The molecule has 53 heavy (non-hydrogen) atoms. The molecule has 2 aliphatic rings. The first-order chi connectivity index (χ1) is 24.7. The van der Waals surface area contributed by atoms with Gasteiger partial charge in [-0.05, 0) is 5.92 Å². The van der Waals surface area contributed by atoms with Crippen LogP contribution < -0.4 is 11.5 Å². The van der Waals surface area contributed by atoms with Crippen LogP contribution in [0.3, 0.4) is 0 Å². The van der Waals surface area contributed by atoms with Crippen LogP contribution in [0.1, 0.15) is 26.3 Å². The summed E-state index contributed by atoms with van der Waals surface area (Å²) < 4.78 is 94.2. The zero-order valence-corrected chi connectivity index (χ0v) is 32.8. The number of rotatable bonds is 14. The summed E-state index contributed by atoms with van der Waals surface area (Å²) in [5, 5.41) is 21.3. The summed E-state index contributed by atoms with van der Waals surface area (Å²) in [4.78, 5) is 24.5. The molecule has 0 radical (unpaired) electrons. The number of nitrogens with two attached hydrogens (primary N) is 2. The Balaban J connectivity index is 1.01. The highest BCUT2D eigenvalue weighted by atomic mass is 31.3. The van der Waals surface area contributed by atoms with Crippen LogP contribution in [0.4, 0.5) is 11.6 Å². The number of nitrogen functional groups attached to an aromatic ring is 2. The molecule has 6 rings (SSSR count). The second-order valence-corrected chi connectivity index (χ2v) is 21.6. The van der Waals surface area contributed by atoms with Gasteiger partial charge >= 0.3 is 30.4 Å². The van der Waals surface area contributed by atoms with Crippen molar-refractivity contribution in [3.63, 3.8) is 0 Å². The molecule has 4 aromatic rings. The van der Waals surface area contributed by atoms with Crippen molar-refractivity contribution in [1.82, 2.24) is 39.0 Å². The third kappa shape index (κ3) is 8.58. The van der Waals surface area contributed by atoms with Crippen molar-refractivity contribution < 1.29 is 59.9 Å². The molecule has 0 amide bonds. The van der Waals surface area contributed by atoms with Crippen molar-refractivity contribution in [2.75, 3.05) is 51.3 Å². The molecule has 2 aliphatic heterocycles. The Morgan fingerprint density at radius 2 is 1.08 bits per heavy atom. The van der Waals surface area contributed by atoms with Gasteiger partial charge in [-0.1, -0.05) is 13.8 Å². The number of fused-ring (bicyclic) bond motifs is 2. The predicted octanol–water partition coefficient (Wildman–Crippen LogP) is 2.99. The average Bonchev–Trinajstić information content (AvgIpc) is 3.80. The van der Waals surface area contributed by atoms with Crippen LogP contribution in [0.5, 0.6) is 0 Å². The number of anilines is 2. The number of imidazole rings is 2. The van der Waals surface area contributed by atoms with Crippen molar-refractivity contribution in [2.24, 2.45) is 11.8 Å². The van der Waals surface area contributed by atoms with Crippen molar-refractivity contribution >= 4 is 64.3 Å². The Morgan fingerprint density at radius 3 is 1.58 bits per heavy atom. The van der Waals surface area contributed by atoms with Gasteiger partial charge < -0.3 is 40.2 Å². The van der Waals surface area contributed by atoms with Gasteiger partial charge in [0.1, 0.15) is 48.2 Å². The van der Waals surface area contributed by atoms with E-state index >= 15 is 0 Å². The van der Waals surface area contributed by atoms with Gasteiger partial charge in [-0.15, -0.1) is 0 Å². The summed E-state index contributed by atoms with van der Waals surface area (Å²) in [5.74, 6) is 0.116. The van der Waals surface area contributed by atoms with Crippen LogP contribution >= 0.6 is 30.4 Å². The summed E-state index contributed by atoms with van der Waals surface area (Å²) in [7, 11) is -17.4. The lowest BCUT2D eigenvalue weighted by atomic mass is 9.93. The number of aliphatic hydroxyl groups is 2. The van der Waals surface area contributed by atoms with E-state index in [0.717, 1.165) is 26.7 Å². The molecule has 0 bridgehead atoms. The summed E-state index contributed by atoms with van der Waals surface area (Å²) in [6, 6.07) is 0. The van der Waals surface area contributed by atoms with E-state index in [9.17, 15) is 28.5 Å². The molecule has 12 atom stereocenters. The fraction of sp³-hybridized carbons (Fsp3) is 0.615. The zero-order valence-electron chi connectivity index (χ0n) is 29.2. The Kier molecular flexibility index (Phi) is 11.1. The lowest BCUT2D eigenvalue weighted by Crippen LogP contribution is -2.33. The topological polar surface area (TPSA) is 313 Å². The molecule has 27 heteroatoms. The summed E-state index contributed by atoms with van der Waals surface area (Å²) in [6.45, 7) is 6.78. The van der Waals surface area contributed by atoms with E-state index in [-0.39, 0.29) is 41.2 Å². The van der Waals surface area contributed by atoms with Gasteiger partial charge in [0.2, 0.25) is 0 Å². The smallest absolute Gasteiger partial charge is 0.341 e. The molecular formula is C26H40N10O13P4. The number of hydrogen-bond acceptors (Lipinski definition) is 21. The van der Waals surface area contributed by atoms with E-state index in [1.165, 1.54) is 23.5 Å². The van der Waals surface area contributed by atoms with Crippen molar-refractivity contribution in [1.29, 1.82) is 0 Å². The van der Waals surface area contributed by atoms with Gasteiger partial charge in [-0.25, -0.2) is 42.8 Å². The fourth-order valence-corrected chi connectivity index (χ4v) is 14.5. The molecule has 6 heterocycles. The fourth-order valence-electron chi connectivity index (χ4n) is 6.05. The number of aliphatic hydroxyl groups excluding tert-OH is 2. The predicted molar refractivity (Wildman–Crippen MR) is 187 cm³/mol. The number of ether oxygens (including phenoxy) is 2. The molecule has 2 fully saturated rings. The van der Waals surface area contributed by atoms with E-state index < -0.39 is 73.9 Å². The third-order valence-corrected chi connectivity index (χ3v) is 17.0. The van der Waals surface area contributed by atoms with Crippen LogP contribution in [-0.2, 0) is 49.7 Å². The molecule has 4 aromatic heterocycles. The van der Waals surface area contributed by atoms with Gasteiger partial charge in [0, 0.05) is 32.6 Å². The van der Waals surface area contributed by atoms with E-state index in [4.69, 9.17) is 42.9 Å². The van der Waals surface area contributed by atoms with Gasteiger partial charge in [0.05, 0.1) is 32.0 Å². The van der Waals surface area contributed by atoms with E-state index in [1.54, 1.807) is 10.9 Å². The Labute approximate surface area is 302 Å². The lowest BCUT2D eigenvalue weighted by Gasteiger charge is -2.25. The summed E-state index contributed by atoms with van der Waals surface area (Å²) in [5.41, 5.74) is 13.1. The van der Waals surface area contributed by atoms with Gasteiger partial charge in [0.25, 0.3) is 0 Å². The molecule has 6 N–H and O–H groups in total. The Bertz CT molecular complexity index is 2040. The van der Waals surface area contributed by atoms with Crippen molar-refractivity contribution in [3.05, 3.63) is 25.3 Å². The first-order valence-corrected chi connectivity index (χ1v) is 23.9. The Hall–Kier alpha value is -2.74. The largest absolute Gasteiger partial charge is 0.387 e.